The molecule has 0 saturated carbocycles. The van der Waals surface area contributed by atoms with Crippen molar-refractivity contribution < 1.29 is 0 Å². The molecule has 0 aliphatic carbocycles. The van der Waals surface area contributed by atoms with E-state index in [1.54, 1.807) is 0 Å². The van der Waals surface area contributed by atoms with Crippen molar-refractivity contribution in [3.63, 3.8) is 0 Å². The molecule has 0 aliphatic rings. The first-order chi connectivity index (χ1) is 9.43. The number of benzene rings is 3. The largest absolute Gasteiger partial charge is 0.184 e. The lowest BCUT2D eigenvalue weighted by Gasteiger charge is -2.00. The van der Waals surface area contributed by atoms with E-state index in [1.165, 1.54) is 10.9 Å². The maximum Gasteiger partial charge on any atom is 0.0930 e. The Balaban J connectivity index is 1.85. The van der Waals surface area contributed by atoms with Crippen molar-refractivity contribution in [3.8, 4) is 0 Å². The van der Waals surface area contributed by atoms with Gasteiger partial charge in [-0.15, -0.1) is 0 Å². The Labute approximate surface area is 112 Å². The maximum absolute atomic E-state index is 4.35. The SMILES string of the molecule is c1ccc(CN=Nc2cccc3ccccc23)cc1. The summed E-state index contributed by atoms with van der Waals surface area (Å²) in [6, 6.07) is 24.5. The molecule has 0 fully saturated rings. The van der Waals surface area contributed by atoms with Gasteiger partial charge in [0.15, 0.2) is 0 Å². The number of fused-ring (bicyclic) bond motifs is 1. The standard InChI is InChI=1S/C17H14N2/c1-2-7-14(8-3-1)13-18-19-17-12-6-10-15-9-4-5-11-16(15)17/h1-12H,13H2. The smallest absolute Gasteiger partial charge is 0.0930 e. The molecular weight excluding hydrogens is 232 g/mol. The van der Waals surface area contributed by atoms with E-state index in [9.17, 15) is 0 Å². The van der Waals surface area contributed by atoms with Crippen molar-refractivity contribution in [2.75, 3.05) is 0 Å². The molecule has 3 aromatic carbocycles. The molecule has 0 amide bonds. The molecule has 2 nitrogen and oxygen atoms in total. The molecule has 3 rings (SSSR count). The lowest BCUT2D eigenvalue weighted by atomic mass is 10.1. The van der Waals surface area contributed by atoms with Crippen LogP contribution in [0.3, 0.4) is 0 Å². The summed E-state index contributed by atoms with van der Waals surface area (Å²) in [7, 11) is 0. The molecule has 2 heteroatoms. The Bertz CT molecular complexity index is 697. The van der Waals surface area contributed by atoms with Gasteiger partial charge in [-0.25, -0.2) is 0 Å². The fraction of sp³-hybridized carbons (Fsp3) is 0.0588. The van der Waals surface area contributed by atoms with E-state index in [-0.39, 0.29) is 0 Å². The van der Waals surface area contributed by atoms with Crippen LogP contribution in [0.15, 0.2) is 83.0 Å². The van der Waals surface area contributed by atoms with Crippen molar-refractivity contribution in [1.82, 2.24) is 0 Å². The Kier molecular flexibility index (Phi) is 3.32. The van der Waals surface area contributed by atoms with Crippen LogP contribution in [0.4, 0.5) is 5.69 Å². The fourth-order valence-electron chi connectivity index (χ4n) is 2.07. The molecule has 92 valence electrons. The van der Waals surface area contributed by atoms with E-state index >= 15 is 0 Å². The van der Waals surface area contributed by atoms with E-state index < -0.39 is 0 Å². The maximum atomic E-state index is 4.35. The minimum atomic E-state index is 0.615. The first-order valence-electron chi connectivity index (χ1n) is 6.33. The van der Waals surface area contributed by atoms with E-state index in [0.29, 0.717) is 6.54 Å². The highest BCUT2D eigenvalue weighted by atomic mass is 15.1. The van der Waals surface area contributed by atoms with Crippen LogP contribution < -0.4 is 0 Å². The minimum absolute atomic E-state index is 0.615. The van der Waals surface area contributed by atoms with Gasteiger partial charge in [0.05, 0.1) is 12.2 Å². The summed E-state index contributed by atoms with van der Waals surface area (Å²) in [5, 5.41) is 11.0. The Hall–Kier alpha value is -2.48. The number of hydrogen-bond acceptors (Lipinski definition) is 2. The number of rotatable bonds is 3. The van der Waals surface area contributed by atoms with Crippen LogP contribution in [0.25, 0.3) is 10.8 Å². The van der Waals surface area contributed by atoms with E-state index in [0.717, 1.165) is 11.1 Å². The van der Waals surface area contributed by atoms with Gasteiger partial charge >= 0.3 is 0 Å². The highest BCUT2D eigenvalue weighted by molar-refractivity contribution is 5.92. The van der Waals surface area contributed by atoms with Gasteiger partial charge in [-0.1, -0.05) is 66.7 Å². The molecule has 3 aromatic rings. The molecule has 0 saturated heterocycles. The van der Waals surface area contributed by atoms with Gasteiger partial charge in [0, 0.05) is 5.39 Å². The first kappa shape index (κ1) is 11.6. The fourth-order valence-corrected chi connectivity index (χ4v) is 2.07. The Morgan fingerprint density at radius 2 is 1.42 bits per heavy atom. The molecule has 0 spiro atoms. The minimum Gasteiger partial charge on any atom is -0.184 e. The highest BCUT2D eigenvalue weighted by Crippen LogP contribution is 2.25. The summed E-state index contributed by atoms with van der Waals surface area (Å²) >= 11 is 0. The normalized spacial score (nSPS) is 11.2. The molecule has 0 bridgehead atoms. The van der Waals surface area contributed by atoms with Crippen LogP contribution in [-0.2, 0) is 6.54 Å². The number of nitrogens with zero attached hydrogens (tertiary/aromatic N) is 2. The monoisotopic (exact) mass is 246 g/mol. The molecule has 0 aliphatic heterocycles. The third-order valence-corrected chi connectivity index (χ3v) is 3.04. The lowest BCUT2D eigenvalue weighted by molar-refractivity contribution is 0.961. The second kappa shape index (κ2) is 5.44. The van der Waals surface area contributed by atoms with Gasteiger partial charge < -0.3 is 0 Å². The molecule has 0 aromatic heterocycles. The van der Waals surface area contributed by atoms with Gasteiger partial charge in [-0.05, 0) is 17.0 Å². The summed E-state index contributed by atoms with van der Waals surface area (Å²) in [5.74, 6) is 0. The zero-order valence-corrected chi connectivity index (χ0v) is 10.5. The van der Waals surface area contributed by atoms with E-state index in [4.69, 9.17) is 0 Å². The summed E-state index contributed by atoms with van der Waals surface area (Å²) in [4.78, 5) is 0. The molecule has 0 heterocycles. The topological polar surface area (TPSA) is 24.7 Å². The van der Waals surface area contributed by atoms with Gasteiger partial charge in [0.2, 0.25) is 0 Å². The van der Waals surface area contributed by atoms with Crippen LogP contribution in [0, 0.1) is 0 Å². The summed E-state index contributed by atoms with van der Waals surface area (Å²) in [5.41, 5.74) is 2.10. The highest BCUT2D eigenvalue weighted by Gasteiger charge is 1.97. The van der Waals surface area contributed by atoms with Crippen LogP contribution in [0.5, 0.6) is 0 Å². The predicted molar refractivity (Wildman–Crippen MR) is 78.6 cm³/mol. The quantitative estimate of drug-likeness (QED) is 0.573. The number of azo groups is 1. The Morgan fingerprint density at radius 1 is 0.684 bits per heavy atom. The van der Waals surface area contributed by atoms with Gasteiger partial charge in [0.25, 0.3) is 0 Å². The first-order valence-corrected chi connectivity index (χ1v) is 6.33. The van der Waals surface area contributed by atoms with E-state index in [2.05, 4.69) is 40.6 Å². The second-order valence-corrected chi connectivity index (χ2v) is 4.38. The molecule has 0 radical (unpaired) electrons. The Morgan fingerprint density at radius 3 is 2.32 bits per heavy atom. The molecule has 0 atom stereocenters. The van der Waals surface area contributed by atoms with Crippen LogP contribution in [0.1, 0.15) is 5.56 Å². The van der Waals surface area contributed by atoms with Crippen molar-refractivity contribution in [3.05, 3.63) is 78.4 Å². The molecular formula is C17H14N2. The zero-order chi connectivity index (χ0) is 12.9. The van der Waals surface area contributed by atoms with Gasteiger partial charge in [-0.3, -0.25) is 0 Å². The van der Waals surface area contributed by atoms with E-state index in [1.807, 2.05) is 42.5 Å². The summed E-state index contributed by atoms with van der Waals surface area (Å²) in [6.07, 6.45) is 0. The van der Waals surface area contributed by atoms with Gasteiger partial charge in [-0.2, -0.15) is 10.2 Å². The lowest BCUT2D eigenvalue weighted by Crippen LogP contribution is -1.78. The predicted octanol–water partition coefficient (Wildman–Crippen LogP) is 5.12. The number of hydrogen-bond donors (Lipinski definition) is 0. The molecule has 0 N–H and O–H groups in total. The van der Waals surface area contributed by atoms with Gasteiger partial charge in [0.1, 0.15) is 0 Å². The van der Waals surface area contributed by atoms with Crippen molar-refractivity contribution in [1.29, 1.82) is 0 Å². The average Bonchev–Trinajstić information content (AvgIpc) is 2.49. The summed E-state index contributed by atoms with van der Waals surface area (Å²) < 4.78 is 0. The third kappa shape index (κ3) is 2.68. The van der Waals surface area contributed by atoms with Crippen molar-refractivity contribution in [2.45, 2.75) is 6.54 Å². The average molecular weight is 246 g/mol. The third-order valence-electron chi connectivity index (χ3n) is 3.04. The van der Waals surface area contributed by atoms with Crippen LogP contribution in [0.2, 0.25) is 0 Å². The summed E-state index contributed by atoms with van der Waals surface area (Å²) in [6.45, 7) is 0.615. The molecule has 0 unspecified atom stereocenters. The van der Waals surface area contributed by atoms with Crippen LogP contribution in [-0.4, -0.2) is 0 Å². The van der Waals surface area contributed by atoms with Crippen molar-refractivity contribution >= 4 is 16.5 Å². The zero-order valence-electron chi connectivity index (χ0n) is 10.5. The second-order valence-electron chi connectivity index (χ2n) is 4.38. The molecule has 19 heavy (non-hydrogen) atoms. The van der Waals surface area contributed by atoms with Crippen molar-refractivity contribution in [2.24, 2.45) is 10.2 Å². The van der Waals surface area contributed by atoms with Crippen LogP contribution >= 0.6 is 0 Å².